The maximum Gasteiger partial charge on any atom is 0.175 e. The third-order valence-electron chi connectivity index (χ3n) is 4.66. The Morgan fingerprint density at radius 2 is 2.10 bits per heavy atom. The monoisotopic (exact) mass is 308 g/mol. The number of nitrogens with zero attached hydrogens (tertiary/aromatic N) is 1. The second-order valence-corrected chi connectivity index (χ2v) is 6.12. The van der Waals surface area contributed by atoms with Gasteiger partial charge in [0.2, 0.25) is 0 Å². The molecule has 0 aliphatic heterocycles. The summed E-state index contributed by atoms with van der Waals surface area (Å²) in [6.07, 6.45) is 5.26. The number of hydrogen-bond acceptors (Lipinski definition) is 3. The summed E-state index contributed by atoms with van der Waals surface area (Å²) in [4.78, 5) is 0. The van der Waals surface area contributed by atoms with Gasteiger partial charge in [0.1, 0.15) is 5.82 Å². The van der Waals surface area contributed by atoms with E-state index in [0.717, 1.165) is 32.1 Å². The molecule has 21 heavy (non-hydrogen) atoms. The SMILES string of the molecule is CCC1(c2onc(N)c2-c2cccc(Cl)c2F)CCCC1. The van der Waals surface area contributed by atoms with Crippen LogP contribution < -0.4 is 5.73 Å². The predicted octanol–water partition coefficient (Wildman–Crippen LogP) is 4.94. The second-order valence-electron chi connectivity index (χ2n) is 5.71. The Morgan fingerprint density at radius 1 is 1.38 bits per heavy atom. The van der Waals surface area contributed by atoms with Crippen molar-refractivity contribution in [1.29, 1.82) is 0 Å². The van der Waals surface area contributed by atoms with Crippen LogP contribution in [0.15, 0.2) is 22.7 Å². The Labute approximate surface area is 128 Å². The summed E-state index contributed by atoms with van der Waals surface area (Å²) < 4.78 is 19.9. The number of aromatic nitrogens is 1. The summed E-state index contributed by atoms with van der Waals surface area (Å²) >= 11 is 5.90. The molecule has 1 aliphatic carbocycles. The van der Waals surface area contributed by atoms with Gasteiger partial charge in [-0.3, -0.25) is 0 Å². The van der Waals surface area contributed by atoms with Gasteiger partial charge in [-0.2, -0.15) is 0 Å². The molecule has 0 amide bonds. The fraction of sp³-hybridized carbons (Fsp3) is 0.438. The highest BCUT2D eigenvalue weighted by molar-refractivity contribution is 6.31. The van der Waals surface area contributed by atoms with Crippen molar-refractivity contribution in [3.05, 3.63) is 34.8 Å². The summed E-state index contributed by atoms with van der Waals surface area (Å²) in [5, 5.41) is 3.97. The Kier molecular flexibility index (Phi) is 3.66. The molecule has 0 saturated heterocycles. The maximum atomic E-state index is 14.4. The van der Waals surface area contributed by atoms with Gasteiger partial charge >= 0.3 is 0 Å². The third-order valence-corrected chi connectivity index (χ3v) is 4.95. The smallest absolute Gasteiger partial charge is 0.175 e. The van der Waals surface area contributed by atoms with Crippen molar-refractivity contribution in [1.82, 2.24) is 5.16 Å². The largest absolute Gasteiger partial charge is 0.380 e. The molecule has 0 unspecified atom stereocenters. The molecule has 0 atom stereocenters. The first-order valence-electron chi connectivity index (χ1n) is 7.29. The molecule has 0 spiro atoms. The zero-order chi connectivity index (χ0) is 15.0. The topological polar surface area (TPSA) is 52.0 Å². The summed E-state index contributed by atoms with van der Waals surface area (Å²) in [6.45, 7) is 2.13. The normalized spacial score (nSPS) is 17.3. The number of rotatable bonds is 3. The molecule has 2 N–H and O–H groups in total. The van der Waals surface area contributed by atoms with Crippen LogP contribution in [-0.2, 0) is 5.41 Å². The number of benzene rings is 1. The zero-order valence-electron chi connectivity index (χ0n) is 12.0. The molecular formula is C16H18ClFN2O. The van der Waals surface area contributed by atoms with Gasteiger partial charge in [0, 0.05) is 11.0 Å². The summed E-state index contributed by atoms with van der Waals surface area (Å²) in [6, 6.07) is 4.91. The number of hydrogen-bond donors (Lipinski definition) is 1. The number of nitrogens with two attached hydrogens (primary N) is 1. The number of halogens is 2. The van der Waals surface area contributed by atoms with Crippen molar-refractivity contribution in [2.45, 2.75) is 44.4 Å². The van der Waals surface area contributed by atoms with Gasteiger partial charge in [0.25, 0.3) is 0 Å². The van der Waals surface area contributed by atoms with Crippen LogP contribution in [0.1, 0.15) is 44.8 Å². The van der Waals surface area contributed by atoms with Gasteiger partial charge in [-0.05, 0) is 25.3 Å². The van der Waals surface area contributed by atoms with Crippen LogP contribution in [0, 0.1) is 5.82 Å². The lowest BCUT2D eigenvalue weighted by molar-refractivity contribution is 0.284. The summed E-state index contributed by atoms with van der Waals surface area (Å²) in [5.74, 6) is 0.464. The minimum Gasteiger partial charge on any atom is -0.380 e. The van der Waals surface area contributed by atoms with Gasteiger partial charge < -0.3 is 10.3 Å². The average molecular weight is 309 g/mol. The average Bonchev–Trinajstić information content (AvgIpc) is 3.09. The fourth-order valence-electron chi connectivity index (χ4n) is 3.41. The van der Waals surface area contributed by atoms with Crippen LogP contribution in [0.25, 0.3) is 11.1 Å². The van der Waals surface area contributed by atoms with Crippen LogP contribution in [-0.4, -0.2) is 5.16 Å². The summed E-state index contributed by atoms with van der Waals surface area (Å²) in [7, 11) is 0. The van der Waals surface area contributed by atoms with E-state index in [-0.39, 0.29) is 16.3 Å². The van der Waals surface area contributed by atoms with E-state index in [9.17, 15) is 4.39 Å². The van der Waals surface area contributed by atoms with Crippen LogP contribution in [0.3, 0.4) is 0 Å². The van der Waals surface area contributed by atoms with Crippen molar-refractivity contribution in [3.8, 4) is 11.1 Å². The molecule has 1 aliphatic rings. The van der Waals surface area contributed by atoms with Gasteiger partial charge in [-0.15, -0.1) is 0 Å². The number of nitrogen functional groups attached to an aromatic ring is 1. The van der Waals surface area contributed by atoms with Crippen LogP contribution in [0.2, 0.25) is 5.02 Å². The standard InChI is InChI=1S/C16H18ClFN2O/c1-2-16(8-3-4-9-16)14-12(15(19)20-21-14)10-6-5-7-11(17)13(10)18/h5-7H,2-4,8-9H2,1H3,(H2,19,20). The lowest BCUT2D eigenvalue weighted by Gasteiger charge is -2.25. The molecule has 1 heterocycles. The molecule has 112 valence electrons. The van der Waals surface area contributed by atoms with Crippen LogP contribution in [0.5, 0.6) is 0 Å². The zero-order valence-corrected chi connectivity index (χ0v) is 12.7. The van der Waals surface area contributed by atoms with Crippen molar-refractivity contribution in [2.75, 3.05) is 5.73 Å². The molecule has 1 fully saturated rings. The number of anilines is 1. The maximum absolute atomic E-state index is 14.4. The van der Waals surface area contributed by atoms with Gasteiger partial charge in [0.15, 0.2) is 11.6 Å². The minimum atomic E-state index is -0.473. The molecular weight excluding hydrogens is 291 g/mol. The Bertz CT molecular complexity index is 662. The molecule has 0 bridgehead atoms. The highest BCUT2D eigenvalue weighted by atomic mass is 35.5. The van der Waals surface area contributed by atoms with Crippen molar-refractivity contribution < 1.29 is 8.91 Å². The fourth-order valence-corrected chi connectivity index (χ4v) is 3.59. The molecule has 1 aromatic carbocycles. The molecule has 1 aromatic heterocycles. The van der Waals surface area contributed by atoms with Crippen LogP contribution >= 0.6 is 11.6 Å². The van der Waals surface area contributed by atoms with E-state index in [4.69, 9.17) is 21.9 Å². The van der Waals surface area contributed by atoms with Crippen molar-refractivity contribution in [3.63, 3.8) is 0 Å². The van der Waals surface area contributed by atoms with E-state index in [0.29, 0.717) is 16.9 Å². The Morgan fingerprint density at radius 3 is 2.76 bits per heavy atom. The molecule has 3 rings (SSSR count). The minimum absolute atomic E-state index is 0.0796. The van der Waals surface area contributed by atoms with E-state index in [1.807, 2.05) is 0 Å². The third kappa shape index (κ3) is 2.22. The van der Waals surface area contributed by atoms with E-state index >= 15 is 0 Å². The lowest BCUT2D eigenvalue weighted by Crippen LogP contribution is -2.21. The van der Waals surface area contributed by atoms with E-state index in [1.165, 1.54) is 6.07 Å². The Balaban J connectivity index is 2.20. The quantitative estimate of drug-likeness (QED) is 0.874. The van der Waals surface area contributed by atoms with E-state index in [2.05, 4.69) is 12.1 Å². The van der Waals surface area contributed by atoms with Gasteiger partial charge in [-0.1, -0.05) is 48.7 Å². The van der Waals surface area contributed by atoms with Gasteiger partial charge in [0.05, 0.1) is 10.6 Å². The van der Waals surface area contributed by atoms with Crippen molar-refractivity contribution in [2.24, 2.45) is 0 Å². The first-order chi connectivity index (χ1) is 10.1. The highest BCUT2D eigenvalue weighted by Gasteiger charge is 2.41. The van der Waals surface area contributed by atoms with Crippen molar-refractivity contribution >= 4 is 17.4 Å². The first kappa shape index (κ1) is 14.4. The summed E-state index contributed by atoms with van der Waals surface area (Å²) in [5.41, 5.74) is 6.81. The molecule has 3 nitrogen and oxygen atoms in total. The molecule has 1 saturated carbocycles. The lowest BCUT2D eigenvalue weighted by atomic mass is 9.78. The van der Waals surface area contributed by atoms with Crippen LogP contribution in [0.4, 0.5) is 10.2 Å². The predicted molar refractivity (Wildman–Crippen MR) is 81.8 cm³/mol. The first-order valence-corrected chi connectivity index (χ1v) is 7.67. The Hall–Kier alpha value is -1.55. The molecule has 5 heteroatoms. The van der Waals surface area contributed by atoms with Gasteiger partial charge in [-0.25, -0.2) is 4.39 Å². The van der Waals surface area contributed by atoms with E-state index in [1.54, 1.807) is 12.1 Å². The molecule has 0 radical (unpaired) electrons. The molecule has 2 aromatic rings. The highest BCUT2D eigenvalue weighted by Crippen LogP contribution is 2.49. The van der Waals surface area contributed by atoms with E-state index < -0.39 is 5.82 Å². The second kappa shape index (κ2) is 5.34.